The number of hydrogen-bond donors (Lipinski definition) is 1. The lowest BCUT2D eigenvalue weighted by molar-refractivity contribution is -0.143. The first-order valence-electron chi connectivity index (χ1n) is 6.79. The minimum Gasteiger partial charge on any atom is -0.460 e. The molecule has 22 heavy (non-hydrogen) atoms. The van der Waals surface area contributed by atoms with Crippen molar-refractivity contribution in [1.29, 1.82) is 0 Å². The summed E-state index contributed by atoms with van der Waals surface area (Å²) in [6, 6.07) is 14.2. The Morgan fingerprint density at radius 3 is 2.64 bits per heavy atom. The third kappa shape index (κ3) is 4.90. The van der Waals surface area contributed by atoms with Crippen LogP contribution in [-0.4, -0.2) is 18.4 Å². The molecule has 0 radical (unpaired) electrons. The van der Waals surface area contributed by atoms with Crippen LogP contribution in [0.25, 0.3) is 0 Å². The van der Waals surface area contributed by atoms with E-state index in [4.69, 9.17) is 16.3 Å². The summed E-state index contributed by atoms with van der Waals surface area (Å²) in [5.74, 6) is -0.801. The van der Waals surface area contributed by atoms with Crippen molar-refractivity contribution in [3.63, 3.8) is 0 Å². The number of carbonyl (C=O) groups excluding carboxylic acids is 2. The van der Waals surface area contributed by atoms with Gasteiger partial charge in [-0.05, 0) is 36.8 Å². The van der Waals surface area contributed by atoms with Crippen LogP contribution >= 0.6 is 11.6 Å². The quantitative estimate of drug-likeness (QED) is 0.862. The number of nitrogens with one attached hydrogen (secondary N) is 1. The molecule has 0 heterocycles. The third-order valence-electron chi connectivity index (χ3n) is 2.96. The lowest BCUT2D eigenvalue weighted by Crippen LogP contribution is -2.30. The molecular formula is C17H16ClNO3. The summed E-state index contributed by atoms with van der Waals surface area (Å²) in [4.78, 5) is 23.5. The number of halogens is 1. The fraction of sp³-hybridized carbons (Fsp3) is 0.176. The molecule has 1 N–H and O–H groups in total. The summed E-state index contributed by atoms with van der Waals surface area (Å²) in [5, 5.41) is 3.12. The van der Waals surface area contributed by atoms with Gasteiger partial charge in [0.2, 0.25) is 0 Å². The van der Waals surface area contributed by atoms with E-state index in [-0.39, 0.29) is 19.1 Å². The molecule has 114 valence electrons. The van der Waals surface area contributed by atoms with Gasteiger partial charge in [-0.15, -0.1) is 0 Å². The maximum atomic E-state index is 11.9. The summed E-state index contributed by atoms with van der Waals surface area (Å²) in [7, 11) is 0. The maximum Gasteiger partial charge on any atom is 0.325 e. The zero-order valence-corrected chi connectivity index (χ0v) is 12.9. The highest BCUT2D eigenvalue weighted by Crippen LogP contribution is 2.11. The van der Waals surface area contributed by atoms with Crippen LogP contribution in [0.2, 0.25) is 5.02 Å². The van der Waals surface area contributed by atoms with E-state index in [0.717, 1.165) is 11.1 Å². The summed E-state index contributed by atoms with van der Waals surface area (Å²) in [5.41, 5.74) is 2.30. The molecule has 5 heteroatoms. The molecule has 2 aromatic rings. The Labute approximate surface area is 134 Å². The van der Waals surface area contributed by atoms with Crippen LogP contribution in [0, 0.1) is 6.92 Å². The standard InChI is InChI=1S/C17H16ClNO3/c1-12-4-2-6-14(8-12)17(21)19-10-16(20)22-11-13-5-3-7-15(18)9-13/h2-9H,10-11H2,1H3,(H,19,21). The Hall–Kier alpha value is -2.33. The number of rotatable bonds is 5. The number of aryl methyl sites for hydroxylation is 1. The van der Waals surface area contributed by atoms with E-state index in [0.29, 0.717) is 10.6 Å². The monoisotopic (exact) mass is 317 g/mol. The molecule has 0 spiro atoms. The van der Waals surface area contributed by atoms with E-state index >= 15 is 0 Å². The van der Waals surface area contributed by atoms with Gasteiger partial charge < -0.3 is 10.1 Å². The summed E-state index contributed by atoms with van der Waals surface area (Å²) < 4.78 is 5.08. The fourth-order valence-electron chi connectivity index (χ4n) is 1.88. The molecule has 0 aliphatic rings. The van der Waals surface area contributed by atoms with Crippen molar-refractivity contribution in [1.82, 2.24) is 5.32 Å². The lowest BCUT2D eigenvalue weighted by Gasteiger charge is -2.07. The van der Waals surface area contributed by atoms with Crippen LogP contribution in [0.5, 0.6) is 0 Å². The minimum absolute atomic E-state index is 0.125. The van der Waals surface area contributed by atoms with Crippen LogP contribution < -0.4 is 5.32 Å². The van der Waals surface area contributed by atoms with Crippen molar-refractivity contribution in [3.8, 4) is 0 Å². The Morgan fingerprint density at radius 1 is 1.14 bits per heavy atom. The predicted molar refractivity (Wildman–Crippen MR) is 84.8 cm³/mol. The number of carbonyl (C=O) groups is 2. The second-order valence-corrected chi connectivity index (χ2v) is 5.28. The van der Waals surface area contributed by atoms with Crippen molar-refractivity contribution in [2.24, 2.45) is 0 Å². The molecule has 0 aliphatic heterocycles. The Kier molecular flexibility index (Phi) is 5.55. The van der Waals surface area contributed by atoms with Gasteiger partial charge in [-0.2, -0.15) is 0 Å². The number of amides is 1. The predicted octanol–water partition coefficient (Wildman–Crippen LogP) is 3.12. The van der Waals surface area contributed by atoms with E-state index < -0.39 is 5.97 Å². The van der Waals surface area contributed by atoms with Crippen LogP contribution in [0.1, 0.15) is 21.5 Å². The molecule has 0 bridgehead atoms. The highest BCUT2D eigenvalue weighted by Gasteiger charge is 2.09. The lowest BCUT2D eigenvalue weighted by atomic mass is 10.1. The molecule has 0 unspecified atom stereocenters. The van der Waals surface area contributed by atoms with Gasteiger partial charge in [0.25, 0.3) is 5.91 Å². The van der Waals surface area contributed by atoms with E-state index in [1.54, 1.807) is 36.4 Å². The summed E-state index contributed by atoms with van der Waals surface area (Å²) in [6.45, 7) is 1.85. The summed E-state index contributed by atoms with van der Waals surface area (Å²) in [6.07, 6.45) is 0. The highest BCUT2D eigenvalue weighted by molar-refractivity contribution is 6.30. The molecule has 0 saturated heterocycles. The van der Waals surface area contributed by atoms with E-state index in [1.807, 2.05) is 19.1 Å². The second-order valence-electron chi connectivity index (χ2n) is 4.84. The Bertz CT molecular complexity index is 685. The van der Waals surface area contributed by atoms with Gasteiger partial charge in [0.05, 0.1) is 0 Å². The first-order chi connectivity index (χ1) is 10.5. The molecule has 0 fully saturated rings. The van der Waals surface area contributed by atoms with Gasteiger partial charge >= 0.3 is 5.97 Å². The smallest absolute Gasteiger partial charge is 0.325 e. The van der Waals surface area contributed by atoms with E-state index in [1.165, 1.54) is 0 Å². The van der Waals surface area contributed by atoms with Crippen LogP contribution in [-0.2, 0) is 16.1 Å². The van der Waals surface area contributed by atoms with Gasteiger partial charge in [0.1, 0.15) is 13.2 Å². The summed E-state index contributed by atoms with van der Waals surface area (Å²) >= 11 is 5.85. The van der Waals surface area contributed by atoms with Gasteiger partial charge in [0, 0.05) is 10.6 Å². The van der Waals surface area contributed by atoms with Crippen molar-refractivity contribution in [2.45, 2.75) is 13.5 Å². The Balaban J connectivity index is 1.79. The first kappa shape index (κ1) is 16.0. The normalized spacial score (nSPS) is 10.1. The number of hydrogen-bond acceptors (Lipinski definition) is 3. The fourth-order valence-corrected chi connectivity index (χ4v) is 2.10. The van der Waals surface area contributed by atoms with Crippen LogP contribution in [0.3, 0.4) is 0 Å². The molecule has 2 aromatic carbocycles. The SMILES string of the molecule is Cc1cccc(C(=O)NCC(=O)OCc2cccc(Cl)c2)c1. The number of esters is 1. The van der Waals surface area contributed by atoms with Gasteiger partial charge in [-0.1, -0.05) is 41.4 Å². The third-order valence-corrected chi connectivity index (χ3v) is 3.20. The van der Waals surface area contributed by atoms with Crippen molar-refractivity contribution in [2.75, 3.05) is 6.54 Å². The minimum atomic E-state index is -0.499. The molecule has 1 amide bonds. The van der Waals surface area contributed by atoms with E-state index in [2.05, 4.69) is 5.32 Å². The molecule has 2 rings (SSSR count). The van der Waals surface area contributed by atoms with Gasteiger partial charge in [-0.3, -0.25) is 9.59 Å². The van der Waals surface area contributed by atoms with E-state index in [9.17, 15) is 9.59 Å². The van der Waals surface area contributed by atoms with Crippen molar-refractivity contribution >= 4 is 23.5 Å². The first-order valence-corrected chi connectivity index (χ1v) is 7.17. The van der Waals surface area contributed by atoms with Crippen LogP contribution in [0.15, 0.2) is 48.5 Å². The Morgan fingerprint density at radius 2 is 1.91 bits per heavy atom. The van der Waals surface area contributed by atoms with Crippen LogP contribution in [0.4, 0.5) is 0 Å². The second kappa shape index (κ2) is 7.61. The number of benzene rings is 2. The average Bonchev–Trinajstić information content (AvgIpc) is 2.50. The highest BCUT2D eigenvalue weighted by atomic mass is 35.5. The van der Waals surface area contributed by atoms with Crippen molar-refractivity contribution in [3.05, 3.63) is 70.2 Å². The molecule has 0 saturated carbocycles. The largest absolute Gasteiger partial charge is 0.460 e. The molecule has 0 aromatic heterocycles. The molecule has 4 nitrogen and oxygen atoms in total. The number of ether oxygens (including phenoxy) is 1. The zero-order valence-electron chi connectivity index (χ0n) is 12.1. The zero-order chi connectivity index (χ0) is 15.9. The maximum absolute atomic E-state index is 11.9. The van der Waals surface area contributed by atoms with Gasteiger partial charge in [-0.25, -0.2) is 0 Å². The molecular weight excluding hydrogens is 302 g/mol. The van der Waals surface area contributed by atoms with Crippen molar-refractivity contribution < 1.29 is 14.3 Å². The topological polar surface area (TPSA) is 55.4 Å². The average molecular weight is 318 g/mol. The molecule has 0 atom stereocenters. The van der Waals surface area contributed by atoms with Gasteiger partial charge in [0.15, 0.2) is 0 Å². The molecule has 0 aliphatic carbocycles.